The summed E-state index contributed by atoms with van der Waals surface area (Å²) < 4.78 is 4.64. The van der Waals surface area contributed by atoms with Gasteiger partial charge in [-0.1, -0.05) is 0 Å². The molecule has 1 aromatic heterocycles. The average Bonchev–Trinajstić information content (AvgIpc) is 3.21. The van der Waals surface area contributed by atoms with Gasteiger partial charge >= 0.3 is 5.97 Å². The van der Waals surface area contributed by atoms with Crippen molar-refractivity contribution >= 4 is 5.97 Å². The topological polar surface area (TPSA) is 51.2 Å². The van der Waals surface area contributed by atoms with Gasteiger partial charge in [-0.3, -0.25) is 4.98 Å². The number of pyridine rings is 1. The van der Waals surface area contributed by atoms with Crippen molar-refractivity contribution in [2.75, 3.05) is 7.11 Å². The van der Waals surface area contributed by atoms with Crippen LogP contribution in [0.25, 0.3) is 0 Å². The fraction of sp³-hybridized carbons (Fsp3) is 0.571. The van der Waals surface area contributed by atoms with Gasteiger partial charge in [0.1, 0.15) is 0 Å². The molecule has 1 heterocycles. The number of aromatic nitrogens is 1. The van der Waals surface area contributed by atoms with Gasteiger partial charge in [0, 0.05) is 18.3 Å². The van der Waals surface area contributed by atoms with Crippen LogP contribution in [0.3, 0.4) is 0 Å². The lowest BCUT2D eigenvalue weighted by atomic mass is 9.99. The van der Waals surface area contributed by atoms with Crippen molar-refractivity contribution in [3.63, 3.8) is 0 Å². The molecule has 18 heavy (non-hydrogen) atoms. The second-order valence-electron chi connectivity index (χ2n) is 5.38. The summed E-state index contributed by atoms with van der Waals surface area (Å²) >= 11 is 0. The van der Waals surface area contributed by atoms with Crippen molar-refractivity contribution in [3.05, 3.63) is 29.6 Å². The largest absolute Gasteiger partial charge is 0.465 e. The second-order valence-corrected chi connectivity index (χ2v) is 5.38. The summed E-state index contributed by atoms with van der Waals surface area (Å²) in [5.41, 5.74) is 1.60. The molecule has 0 radical (unpaired) electrons. The summed E-state index contributed by atoms with van der Waals surface area (Å²) in [6.07, 6.45) is 4.19. The number of ether oxygens (including phenoxy) is 1. The molecule has 1 aliphatic rings. The highest BCUT2D eigenvalue weighted by Gasteiger charge is 2.37. The Kier molecular flexibility index (Phi) is 3.66. The minimum Gasteiger partial charge on any atom is -0.465 e. The summed E-state index contributed by atoms with van der Waals surface area (Å²) in [5, 5.41) is 3.52. The molecule has 1 aliphatic carbocycles. The Balaban J connectivity index is 1.92. The Morgan fingerprint density at radius 1 is 1.50 bits per heavy atom. The molecule has 0 aromatic carbocycles. The third-order valence-corrected chi connectivity index (χ3v) is 3.57. The first-order chi connectivity index (χ1) is 8.53. The number of hydrogen-bond acceptors (Lipinski definition) is 4. The minimum atomic E-state index is -0.347. The summed E-state index contributed by atoms with van der Waals surface area (Å²) in [6.45, 7) is 5.19. The number of carbonyl (C=O) groups excluding carboxylic acids is 1. The summed E-state index contributed by atoms with van der Waals surface area (Å²) in [5.74, 6) is 0.437. The molecule has 0 saturated heterocycles. The summed E-state index contributed by atoms with van der Waals surface area (Å²) in [7, 11) is 1.37. The fourth-order valence-electron chi connectivity index (χ4n) is 2.04. The van der Waals surface area contributed by atoms with E-state index >= 15 is 0 Å². The normalized spacial score (nSPS) is 15.5. The highest BCUT2D eigenvalue weighted by Crippen LogP contribution is 2.39. The van der Waals surface area contributed by atoms with Crippen molar-refractivity contribution in [3.8, 4) is 0 Å². The van der Waals surface area contributed by atoms with Gasteiger partial charge in [-0.2, -0.15) is 0 Å². The Morgan fingerprint density at radius 3 is 2.72 bits per heavy atom. The SMILES string of the molecule is COC(=O)c1ccc(CNC(C)(C)C2CC2)nc1. The van der Waals surface area contributed by atoms with Crippen LogP contribution in [0.2, 0.25) is 0 Å². The predicted molar refractivity (Wildman–Crippen MR) is 69.2 cm³/mol. The molecule has 0 amide bonds. The maximum Gasteiger partial charge on any atom is 0.339 e. The monoisotopic (exact) mass is 248 g/mol. The van der Waals surface area contributed by atoms with E-state index in [1.807, 2.05) is 6.07 Å². The Morgan fingerprint density at radius 2 is 2.22 bits per heavy atom. The van der Waals surface area contributed by atoms with Gasteiger partial charge < -0.3 is 10.1 Å². The van der Waals surface area contributed by atoms with Gasteiger partial charge in [-0.15, -0.1) is 0 Å². The van der Waals surface area contributed by atoms with Gasteiger partial charge in [-0.05, 0) is 44.7 Å². The Bertz CT molecular complexity index is 422. The standard InChI is InChI=1S/C14H20N2O2/c1-14(2,11-5-6-11)16-9-12-7-4-10(8-15-12)13(17)18-3/h4,7-8,11,16H,5-6,9H2,1-3H3. The van der Waals surface area contributed by atoms with Gasteiger partial charge in [-0.25, -0.2) is 4.79 Å². The van der Waals surface area contributed by atoms with Crippen molar-refractivity contribution < 1.29 is 9.53 Å². The zero-order chi connectivity index (χ0) is 13.2. The highest BCUT2D eigenvalue weighted by atomic mass is 16.5. The third-order valence-electron chi connectivity index (χ3n) is 3.57. The first-order valence-electron chi connectivity index (χ1n) is 6.31. The van der Waals surface area contributed by atoms with E-state index in [-0.39, 0.29) is 11.5 Å². The summed E-state index contributed by atoms with van der Waals surface area (Å²) in [6, 6.07) is 3.61. The van der Waals surface area contributed by atoms with Crippen LogP contribution in [-0.2, 0) is 11.3 Å². The molecule has 98 valence electrons. The number of methoxy groups -OCH3 is 1. The van der Waals surface area contributed by atoms with Crippen LogP contribution in [-0.4, -0.2) is 23.6 Å². The zero-order valence-electron chi connectivity index (χ0n) is 11.2. The van der Waals surface area contributed by atoms with E-state index in [1.165, 1.54) is 20.0 Å². The van der Waals surface area contributed by atoms with Gasteiger partial charge in [0.2, 0.25) is 0 Å². The molecule has 1 aromatic rings. The first-order valence-corrected chi connectivity index (χ1v) is 6.31. The molecule has 1 saturated carbocycles. The van der Waals surface area contributed by atoms with Crippen LogP contribution < -0.4 is 5.32 Å². The number of nitrogens with zero attached hydrogens (tertiary/aromatic N) is 1. The maximum absolute atomic E-state index is 11.3. The van der Waals surface area contributed by atoms with E-state index in [0.717, 1.165) is 18.2 Å². The lowest BCUT2D eigenvalue weighted by Gasteiger charge is -2.26. The Hall–Kier alpha value is -1.42. The zero-order valence-corrected chi connectivity index (χ0v) is 11.2. The Labute approximate surface area is 108 Å². The lowest BCUT2D eigenvalue weighted by Crippen LogP contribution is -2.40. The molecular formula is C14H20N2O2. The number of carbonyl (C=O) groups is 1. The van der Waals surface area contributed by atoms with Crippen molar-refractivity contribution in [1.29, 1.82) is 0 Å². The lowest BCUT2D eigenvalue weighted by molar-refractivity contribution is 0.0600. The fourth-order valence-corrected chi connectivity index (χ4v) is 2.04. The van der Waals surface area contributed by atoms with E-state index < -0.39 is 0 Å². The molecule has 4 heteroatoms. The molecule has 1 fully saturated rings. The van der Waals surface area contributed by atoms with E-state index in [4.69, 9.17) is 0 Å². The van der Waals surface area contributed by atoms with Crippen LogP contribution in [0.1, 0.15) is 42.7 Å². The maximum atomic E-state index is 11.3. The predicted octanol–water partition coefficient (Wildman–Crippen LogP) is 2.15. The van der Waals surface area contributed by atoms with Crippen LogP contribution in [0.4, 0.5) is 0 Å². The molecule has 0 aliphatic heterocycles. The van der Waals surface area contributed by atoms with E-state index in [1.54, 1.807) is 12.3 Å². The molecule has 0 spiro atoms. The van der Waals surface area contributed by atoms with Crippen molar-refractivity contribution in [1.82, 2.24) is 10.3 Å². The minimum absolute atomic E-state index is 0.169. The van der Waals surface area contributed by atoms with Gasteiger partial charge in [0.15, 0.2) is 0 Å². The molecular weight excluding hydrogens is 228 g/mol. The summed E-state index contributed by atoms with van der Waals surface area (Å²) in [4.78, 5) is 15.5. The van der Waals surface area contributed by atoms with Crippen LogP contribution in [0, 0.1) is 5.92 Å². The van der Waals surface area contributed by atoms with E-state index in [2.05, 4.69) is 28.9 Å². The quantitative estimate of drug-likeness (QED) is 0.811. The molecule has 4 nitrogen and oxygen atoms in total. The number of rotatable bonds is 5. The second kappa shape index (κ2) is 5.06. The number of esters is 1. The number of nitrogens with one attached hydrogen (secondary N) is 1. The van der Waals surface area contributed by atoms with Crippen LogP contribution in [0.5, 0.6) is 0 Å². The molecule has 1 N–H and O–H groups in total. The molecule has 0 unspecified atom stereocenters. The molecule has 0 bridgehead atoms. The smallest absolute Gasteiger partial charge is 0.339 e. The molecule has 0 atom stereocenters. The first kappa shape index (κ1) is 13.0. The third kappa shape index (κ3) is 3.07. The van der Waals surface area contributed by atoms with E-state index in [9.17, 15) is 4.79 Å². The van der Waals surface area contributed by atoms with E-state index in [0.29, 0.717) is 5.56 Å². The molecule has 2 rings (SSSR count). The van der Waals surface area contributed by atoms with Gasteiger partial charge in [0.05, 0.1) is 18.4 Å². The number of hydrogen-bond donors (Lipinski definition) is 1. The average molecular weight is 248 g/mol. The van der Waals surface area contributed by atoms with Crippen LogP contribution >= 0.6 is 0 Å². The van der Waals surface area contributed by atoms with Gasteiger partial charge in [0.25, 0.3) is 0 Å². The van der Waals surface area contributed by atoms with Crippen molar-refractivity contribution in [2.45, 2.75) is 38.8 Å². The van der Waals surface area contributed by atoms with Crippen LogP contribution in [0.15, 0.2) is 18.3 Å². The highest BCUT2D eigenvalue weighted by molar-refractivity contribution is 5.88. The van der Waals surface area contributed by atoms with Crippen molar-refractivity contribution in [2.24, 2.45) is 5.92 Å².